The molecule has 0 aliphatic rings. The molecule has 1 aromatic heterocycles. The van der Waals surface area contributed by atoms with Gasteiger partial charge < -0.3 is 15.1 Å². The van der Waals surface area contributed by atoms with Gasteiger partial charge in [-0.15, -0.1) is 0 Å². The Bertz CT molecular complexity index is 559. The van der Waals surface area contributed by atoms with Gasteiger partial charge in [-0.3, -0.25) is 0 Å². The Hall–Kier alpha value is -1.69. The maximum absolute atomic E-state index is 13.4. The van der Waals surface area contributed by atoms with Crippen LogP contribution in [0.2, 0.25) is 0 Å². The Labute approximate surface area is 88.9 Å². The van der Waals surface area contributed by atoms with Crippen LogP contribution in [0, 0.1) is 0 Å². The molecular weight excluding hydrogens is 218 g/mol. The topological polar surface area (TPSA) is 68.9 Å². The van der Waals surface area contributed by atoms with Gasteiger partial charge in [-0.1, -0.05) is 6.07 Å². The molecule has 0 aliphatic heterocycles. The van der Waals surface area contributed by atoms with Crippen molar-refractivity contribution in [2.75, 3.05) is 6.61 Å². The first-order chi connectivity index (χ1) is 7.53. The van der Waals surface area contributed by atoms with Gasteiger partial charge in [0, 0.05) is 18.6 Å². The van der Waals surface area contributed by atoms with Gasteiger partial charge in [-0.05, 0) is 12.1 Å². The minimum Gasteiger partial charge on any atom is -0.396 e. The fourth-order valence-corrected chi connectivity index (χ4v) is 1.54. The largest absolute Gasteiger partial charge is 0.396 e. The summed E-state index contributed by atoms with van der Waals surface area (Å²) in [6.07, 6.45) is -0.632. The third-order valence-corrected chi connectivity index (χ3v) is 2.36. The third-order valence-electron chi connectivity index (χ3n) is 2.36. The predicted octanol–water partition coefficient (Wildman–Crippen LogP) is 1.33. The average molecular weight is 228 g/mol. The van der Waals surface area contributed by atoms with Gasteiger partial charge in [0.2, 0.25) is 0 Å². The molecule has 2 aromatic rings. The van der Waals surface area contributed by atoms with E-state index < -0.39 is 24.6 Å². The molecule has 86 valence electrons. The first-order valence-electron chi connectivity index (χ1n) is 4.74. The summed E-state index contributed by atoms with van der Waals surface area (Å²) in [5, 5.41) is 8.54. The standard InChI is InChI=1S/C10H10F2N2O2/c11-10(12,3-4-15)6-1-2-7-8(5-6)14-9(16)13-7/h1-2,5,15H,3-4H2,(H2,13,14,16). The van der Waals surface area contributed by atoms with Crippen LogP contribution < -0.4 is 5.69 Å². The summed E-state index contributed by atoms with van der Waals surface area (Å²) in [5.41, 5.74) is 0.163. The van der Waals surface area contributed by atoms with Crippen molar-refractivity contribution < 1.29 is 13.9 Å². The summed E-state index contributed by atoms with van der Waals surface area (Å²) >= 11 is 0. The SMILES string of the molecule is O=c1[nH]c2ccc(C(F)(F)CCO)cc2[nH]1. The van der Waals surface area contributed by atoms with Crippen LogP contribution in [0.25, 0.3) is 11.0 Å². The number of halogens is 2. The zero-order valence-electron chi connectivity index (χ0n) is 8.26. The van der Waals surface area contributed by atoms with Gasteiger partial charge in [0.15, 0.2) is 0 Å². The van der Waals surface area contributed by atoms with Crippen LogP contribution in [0.1, 0.15) is 12.0 Å². The Morgan fingerprint density at radius 2 is 1.94 bits per heavy atom. The number of aliphatic hydroxyl groups excluding tert-OH is 1. The molecule has 0 spiro atoms. The van der Waals surface area contributed by atoms with E-state index in [1.54, 1.807) is 0 Å². The summed E-state index contributed by atoms with van der Waals surface area (Å²) in [5.74, 6) is -3.09. The number of hydrogen-bond donors (Lipinski definition) is 3. The Balaban J connectivity index is 2.49. The normalized spacial score (nSPS) is 12.2. The van der Waals surface area contributed by atoms with Crippen LogP contribution in [0.5, 0.6) is 0 Å². The Morgan fingerprint density at radius 1 is 1.25 bits per heavy atom. The fourth-order valence-electron chi connectivity index (χ4n) is 1.54. The number of rotatable bonds is 3. The van der Waals surface area contributed by atoms with Crippen molar-refractivity contribution in [1.82, 2.24) is 9.97 Å². The van der Waals surface area contributed by atoms with E-state index in [1.165, 1.54) is 18.2 Å². The molecule has 0 saturated heterocycles. The molecule has 2 rings (SSSR count). The number of fused-ring (bicyclic) bond motifs is 1. The number of aromatic amines is 2. The quantitative estimate of drug-likeness (QED) is 0.741. The monoisotopic (exact) mass is 228 g/mol. The molecule has 0 atom stereocenters. The second kappa shape index (κ2) is 3.71. The van der Waals surface area contributed by atoms with Crippen LogP contribution in [0.3, 0.4) is 0 Å². The van der Waals surface area contributed by atoms with Gasteiger partial charge in [0.1, 0.15) is 0 Å². The van der Waals surface area contributed by atoms with E-state index in [9.17, 15) is 13.6 Å². The molecule has 6 heteroatoms. The van der Waals surface area contributed by atoms with Crippen molar-refractivity contribution in [3.63, 3.8) is 0 Å². The van der Waals surface area contributed by atoms with Gasteiger partial charge in [-0.2, -0.15) is 0 Å². The lowest BCUT2D eigenvalue weighted by Gasteiger charge is -2.14. The van der Waals surface area contributed by atoms with Crippen molar-refractivity contribution in [3.8, 4) is 0 Å². The second-order valence-electron chi connectivity index (χ2n) is 3.52. The number of nitrogens with one attached hydrogen (secondary N) is 2. The van der Waals surface area contributed by atoms with Crippen LogP contribution >= 0.6 is 0 Å². The number of benzene rings is 1. The lowest BCUT2D eigenvalue weighted by Crippen LogP contribution is -2.15. The maximum atomic E-state index is 13.4. The van der Waals surface area contributed by atoms with E-state index in [-0.39, 0.29) is 5.56 Å². The summed E-state index contributed by atoms with van der Waals surface area (Å²) < 4.78 is 26.9. The molecule has 0 saturated carbocycles. The number of H-pyrrole nitrogens is 2. The molecule has 0 fully saturated rings. The number of hydrogen-bond acceptors (Lipinski definition) is 2. The number of imidazole rings is 1. The molecule has 0 aliphatic carbocycles. The lowest BCUT2D eigenvalue weighted by molar-refractivity contribution is -0.0268. The summed E-state index contributed by atoms with van der Waals surface area (Å²) in [7, 11) is 0. The van der Waals surface area contributed by atoms with Crippen LogP contribution in [0.15, 0.2) is 23.0 Å². The molecule has 0 amide bonds. The van der Waals surface area contributed by atoms with E-state index in [4.69, 9.17) is 5.11 Å². The zero-order chi connectivity index (χ0) is 11.8. The molecule has 1 heterocycles. The maximum Gasteiger partial charge on any atom is 0.323 e. The average Bonchev–Trinajstić information content (AvgIpc) is 2.56. The van der Waals surface area contributed by atoms with Gasteiger partial charge in [0.25, 0.3) is 5.92 Å². The van der Waals surface area contributed by atoms with Crippen molar-refractivity contribution >= 4 is 11.0 Å². The van der Waals surface area contributed by atoms with Crippen molar-refractivity contribution in [2.24, 2.45) is 0 Å². The molecule has 0 bridgehead atoms. The van der Waals surface area contributed by atoms with E-state index in [2.05, 4.69) is 9.97 Å². The molecular formula is C10H10F2N2O2. The van der Waals surface area contributed by atoms with Crippen molar-refractivity contribution in [2.45, 2.75) is 12.3 Å². The van der Waals surface area contributed by atoms with Gasteiger partial charge in [0.05, 0.1) is 11.0 Å². The van der Waals surface area contributed by atoms with Crippen LogP contribution in [-0.4, -0.2) is 21.7 Å². The molecule has 0 radical (unpaired) electrons. The third kappa shape index (κ3) is 1.83. The highest BCUT2D eigenvalue weighted by Crippen LogP contribution is 2.32. The minimum atomic E-state index is -3.09. The zero-order valence-corrected chi connectivity index (χ0v) is 8.26. The van der Waals surface area contributed by atoms with Crippen molar-refractivity contribution in [1.29, 1.82) is 0 Å². The molecule has 0 unspecified atom stereocenters. The van der Waals surface area contributed by atoms with Gasteiger partial charge >= 0.3 is 5.69 Å². The van der Waals surface area contributed by atoms with Crippen LogP contribution in [-0.2, 0) is 5.92 Å². The van der Waals surface area contributed by atoms with Crippen LogP contribution in [0.4, 0.5) is 8.78 Å². The Kier molecular flexibility index (Phi) is 2.51. The highest BCUT2D eigenvalue weighted by atomic mass is 19.3. The predicted molar refractivity (Wildman–Crippen MR) is 54.5 cm³/mol. The molecule has 16 heavy (non-hydrogen) atoms. The van der Waals surface area contributed by atoms with Gasteiger partial charge in [-0.25, -0.2) is 13.6 Å². The first-order valence-corrected chi connectivity index (χ1v) is 4.74. The van der Waals surface area contributed by atoms with E-state index in [0.717, 1.165) is 0 Å². The molecule has 3 N–H and O–H groups in total. The number of aliphatic hydroxyl groups is 1. The number of aromatic nitrogens is 2. The highest BCUT2D eigenvalue weighted by molar-refractivity contribution is 5.75. The minimum absolute atomic E-state index is 0.218. The van der Waals surface area contributed by atoms with E-state index in [0.29, 0.717) is 11.0 Å². The summed E-state index contributed by atoms with van der Waals surface area (Å²) in [6, 6.07) is 3.86. The Morgan fingerprint density at radius 3 is 2.62 bits per heavy atom. The fraction of sp³-hybridized carbons (Fsp3) is 0.300. The smallest absolute Gasteiger partial charge is 0.323 e. The van der Waals surface area contributed by atoms with Crippen molar-refractivity contribution in [3.05, 3.63) is 34.2 Å². The summed E-state index contributed by atoms with van der Waals surface area (Å²) in [4.78, 5) is 15.8. The van der Waals surface area contributed by atoms with E-state index >= 15 is 0 Å². The molecule has 1 aromatic carbocycles. The molecule has 4 nitrogen and oxygen atoms in total. The first kappa shape index (κ1) is 10.8. The lowest BCUT2D eigenvalue weighted by atomic mass is 10.1. The summed E-state index contributed by atoms with van der Waals surface area (Å²) in [6.45, 7) is -0.589. The number of alkyl halides is 2. The van der Waals surface area contributed by atoms with E-state index in [1.807, 2.05) is 0 Å². The second-order valence-corrected chi connectivity index (χ2v) is 3.52. The highest BCUT2D eigenvalue weighted by Gasteiger charge is 2.30.